The first-order chi connectivity index (χ1) is 8.77. The lowest BCUT2D eigenvalue weighted by molar-refractivity contribution is -0.137. The number of pyridine rings is 1. The van der Waals surface area contributed by atoms with Crippen molar-refractivity contribution in [3.05, 3.63) is 51.3 Å². The van der Waals surface area contributed by atoms with E-state index in [1.54, 1.807) is 0 Å². The Morgan fingerprint density at radius 1 is 1.11 bits per heavy atom. The van der Waals surface area contributed by atoms with Gasteiger partial charge in [0.05, 0.1) is 11.3 Å². The zero-order chi connectivity index (χ0) is 14.2. The van der Waals surface area contributed by atoms with Crippen LogP contribution in [-0.4, -0.2) is 4.98 Å². The highest BCUT2D eigenvalue weighted by Crippen LogP contribution is 2.34. The van der Waals surface area contributed by atoms with Gasteiger partial charge in [-0.25, -0.2) is 9.37 Å². The second-order valence-corrected chi connectivity index (χ2v) is 4.99. The van der Waals surface area contributed by atoms with Gasteiger partial charge in [0.15, 0.2) is 0 Å². The van der Waals surface area contributed by atoms with Crippen LogP contribution in [0.25, 0.3) is 11.3 Å². The molecule has 0 aliphatic rings. The summed E-state index contributed by atoms with van der Waals surface area (Å²) in [5.41, 5.74) is -1.19. The van der Waals surface area contributed by atoms with E-state index >= 15 is 0 Å². The number of halogens is 6. The number of rotatable bonds is 1. The smallest absolute Gasteiger partial charge is 0.236 e. The summed E-state index contributed by atoms with van der Waals surface area (Å²) in [6, 6.07) is 5.37. The maximum Gasteiger partial charge on any atom is 0.416 e. The highest BCUT2D eigenvalue weighted by atomic mass is 79.9. The van der Waals surface area contributed by atoms with Gasteiger partial charge in [-0.15, -0.1) is 0 Å². The van der Waals surface area contributed by atoms with Crippen molar-refractivity contribution in [2.24, 2.45) is 0 Å². The van der Waals surface area contributed by atoms with E-state index in [9.17, 15) is 17.6 Å². The standard InChI is InChI=1S/C12H5BrClF4N/c13-7-1-2-9(15)8(5-7)10-3-6(12(16,17)18)4-11(14)19-10/h1-5H. The minimum Gasteiger partial charge on any atom is -0.236 e. The molecule has 0 atom stereocenters. The van der Waals surface area contributed by atoms with Gasteiger partial charge in [-0.1, -0.05) is 27.5 Å². The van der Waals surface area contributed by atoms with E-state index in [0.717, 1.165) is 12.1 Å². The topological polar surface area (TPSA) is 12.9 Å². The van der Waals surface area contributed by atoms with Crippen LogP contribution in [0.15, 0.2) is 34.8 Å². The van der Waals surface area contributed by atoms with Gasteiger partial charge >= 0.3 is 6.18 Å². The third-order valence-corrected chi connectivity index (χ3v) is 3.01. The van der Waals surface area contributed by atoms with E-state index in [4.69, 9.17) is 11.6 Å². The second-order valence-electron chi connectivity index (χ2n) is 3.69. The van der Waals surface area contributed by atoms with E-state index < -0.39 is 17.6 Å². The average Bonchev–Trinajstić information content (AvgIpc) is 2.30. The molecular weight excluding hydrogens is 349 g/mol. The largest absolute Gasteiger partial charge is 0.416 e. The predicted molar refractivity (Wildman–Crippen MR) is 67.3 cm³/mol. The number of hydrogen-bond acceptors (Lipinski definition) is 1. The van der Waals surface area contributed by atoms with Crippen LogP contribution >= 0.6 is 27.5 Å². The molecular formula is C12H5BrClF4N. The third-order valence-electron chi connectivity index (χ3n) is 2.33. The monoisotopic (exact) mass is 353 g/mol. The summed E-state index contributed by atoms with van der Waals surface area (Å²) < 4.78 is 52.1. The molecule has 0 saturated heterocycles. The number of nitrogens with zero attached hydrogens (tertiary/aromatic N) is 1. The second kappa shape index (κ2) is 5.09. The third kappa shape index (κ3) is 3.25. The molecule has 100 valence electrons. The Morgan fingerprint density at radius 3 is 2.42 bits per heavy atom. The lowest BCUT2D eigenvalue weighted by atomic mass is 10.1. The first-order valence-corrected chi connectivity index (χ1v) is 6.14. The van der Waals surface area contributed by atoms with Gasteiger partial charge in [0.1, 0.15) is 11.0 Å². The molecule has 0 aliphatic carbocycles. The predicted octanol–water partition coefficient (Wildman–Crippen LogP) is 5.32. The first kappa shape index (κ1) is 14.3. The van der Waals surface area contributed by atoms with Crippen molar-refractivity contribution in [2.45, 2.75) is 6.18 Å². The van der Waals surface area contributed by atoms with Crippen LogP contribution in [0.1, 0.15) is 5.56 Å². The zero-order valence-electron chi connectivity index (χ0n) is 9.10. The fraction of sp³-hybridized carbons (Fsp3) is 0.0833. The Kier molecular flexibility index (Phi) is 3.82. The summed E-state index contributed by atoms with van der Waals surface area (Å²) in [6.45, 7) is 0. The minimum absolute atomic E-state index is 0.0534. The molecule has 19 heavy (non-hydrogen) atoms. The van der Waals surface area contributed by atoms with E-state index in [1.807, 2.05) is 0 Å². The summed E-state index contributed by atoms with van der Waals surface area (Å²) in [5.74, 6) is -0.675. The molecule has 0 spiro atoms. The van der Waals surface area contributed by atoms with Gasteiger partial charge in [-0.2, -0.15) is 13.2 Å². The summed E-state index contributed by atoms with van der Waals surface area (Å²) in [5, 5.41) is -0.343. The summed E-state index contributed by atoms with van der Waals surface area (Å²) in [6.07, 6.45) is -4.57. The lowest BCUT2D eigenvalue weighted by Crippen LogP contribution is -2.06. The van der Waals surface area contributed by atoms with E-state index in [2.05, 4.69) is 20.9 Å². The Bertz CT molecular complexity index is 628. The van der Waals surface area contributed by atoms with Gasteiger partial charge in [-0.05, 0) is 30.3 Å². The number of benzene rings is 1. The van der Waals surface area contributed by atoms with Crippen LogP contribution < -0.4 is 0 Å². The summed E-state index contributed by atoms with van der Waals surface area (Å²) in [4.78, 5) is 3.72. The van der Waals surface area contributed by atoms with Crippen molar-refractivity contribution in [3.63, 3.8) is 0 Å². The molecule has 0 saturated carbocycles. The molecule has 0 unspecified atom stereocenters. The number of alkyl halides is 3. The van der Waals surface area contributed by atoms with Gasteiger partial charge in [0.25, 0.3) is 0 Å². The normalized spacial score (nSPS) is 11.7. The SMILES string of the molecule is Fc1ccc(Br)cc1-c1cc(C(F)(F)F)cc(Cl)n1. The molecule has 2 aromatic rings. The molecule has 2 rings (SSSR count). The van der Waals surface area contributed by atoms with E-state index in [0.29, 0.717) is 10.5 Å². The molecule has 0 amide bonds. The number of hydrogen-bond donors (Lipinski definition) is 0. The Morgan fingerprint density at radius 2 is 1.79 bits per heavy atom. The van der Waals surface area contributed by atoms with Gasteiger partial charge < -0.3 is 0 Å². The van der Waals surface area contributed by atoms with Crippen LogP contribution in [-0.2, 0) is 6.18 Å². The van der Waals surface area contributed by atoms with Crippen LogP contribution in [0.2, 0.25) is 5.15 Å². The molecule has 0 radical (unpaired) electrons. The van der Waals surface area contributed by atoms with E-state index in [1.165, 1.54) is 12.1 Å². The van der Waals surface area contributed by atoms with Crippen LogP contribution in [0.3, 0.4) is 0 Å². The molecule has 1 aromatic heterocycles. The average molecular weight is 355 g/mol. The molecule has 1 nitrogen and oxygen atoms in total. The Balaban J connectivity index is 2.63. The molecule has 0 N–H and O–H groups in total. The molecule has 7 heteroatoms. The lowest BCUT2D eigenvalue weighted by Gasteiger charge is -2.10. The molecule has 1 heterocycles. The maximum atomic E-state index is 13.6. The van der Waals surface area contributed by atoms with Gasteiger partial charge in [0, 0.05) is 10.0 Å². The molecule has 0 fully saturated rings. The van der Waals surface area contributed by atoms with Crippen molar-refractivity contribution >= 4 is 27.5 Å². The first-order valence-electron chi connectivity index (χ1n) is 4.97. The summed E-state index contributed by atoms with van der Waals surface area (Å²) in [7, 11) is 0. The van der Waals surface area contributed by atoms with E-state index in [-0.39, 0.29) is 16.4 Å². The molecule has 1 aromatic carbocycles. The Hall–Kier alpha value is -1.14. The highest BCUT2D eigenvalue weighted by molar-refractivity contribution is 9.10. The number of aromatic nitrogens is 1. The highest BCUT2D eigenvalue weighted by Gasteiger charge is 2.31. The maximum absolute atomic E-state index is 13.6. The van der Waals surface area contributed by atoms with Crippen LogP contribution in [0.5, 0.6) is 0 Å². The van der Waals surface area contributed by atoms with Crippen molar-refractivity contribution < 1.29 is 17.6 Å². The minimum atomic E-state index is -4.57. The quantitative estimate of drug-likeness (QED) is 0.499. The fourth-order valence-electron chi connectivity index (χ4n) is 1.49. The molecule has 0 aliphatic heterocycles. The van der Waals surface area contributed by atoms with Gasteiger partial charge in [-0.3, -0.25) is 0 Å². The van der Waals surface area contributed by atoms with Crippen molar-refractivity contribution in [3.8, 4) is 11.3 Å². The fourth-order valence-corrected chi connectivity index (χ4v) is 2.06. The van der Waals surface area contributed by atoms with Crippen molar-refractivity contribution in [2.75, 3.05) is 0 Å². The van der Waals surface area contributed by atoms with Crippen molar-refractivity contribution in [1.82, 2.24) is 4.98 Å². The van der Waals surface area contributed by atoms with Gasteiger partial charge in [0.2, 0.25) is 0 Å². The van der Waals surface area contributed by atoms with Crippen LogP contribution in [0.4, 0.5) is 17.6 Å². The van der Waals surface area contributed by atoms with Crippen LogP contribution in [0, 0.1) is 5.82 Å². The summed E-state index contributed by atoms with van der Waals surface area (Å²) >= 11 is 8.67. The van der Waals surface area contributed by atoms with Crippen molar-refractivity contribution in [1.29, 1.82) is 0 Å². The molecule has 0 bridgehead atoms. The zero-order valence-corrected chi connectivity index (χ0v) is 11.4. The Labute approximate surface area is 119 Å².